The molecule has 27 heavy (non-hydrogen) atoms. The third kappa shape index (κ3) is 5.24. The number of hydrogen-bond donors (Lipinski definition) is 0. The lowest BCUT2D eigenvalue weighted by Crippen LogP contribution is -2.34. The first-order valence-corrected chi connectivity index (χ1v) is 11.1. The first kappa shape index (κ1) is 22.2. The molecule has 1 nitrogen and oxygen atoms in total. The Morgan fingerprint density at radius 2 is 1.63 bits per heavy atom. The predicted octanol–water partition coefficient (Wildman–Crippen LogP) is 7.97. The fraction of sp³-hybridized carbons (Fsp3) is 0.731. The van der Waals surface area contributed by atoms with E-state index < -0.39 is 0 Å². The van der Waals surface area contributed by atoms with E-state index >= 15 is 0 Å². The van der Waals surface area contributed by atoms with Crippen molar-refractivity contribution in [3.63, 3.8) is 0 Å². The van der Waals surface area contributed by atoms with E-state index in [1.54, 1.807) is 5.57 Å². The molecule has 0 unspecified atom stereocenters. The SMILES string of the molecule is CC.CC(C)=C/C(CC1(C(=O)CC(C)(C)C)CC1)=C(\C)C1=CC2(CCC2)C1. The van der Waals surface area contributed by atoms with Crippen LogP contribution in [0.4, 0.5) is 0 Å². The zero-order valence-electron chi connectivity index (χ0n) is 19.2. The number of hydrogen-bond acceptors (Lipinski definition) is 1. The Hall–Kier alpha value is -1.11. The van der Waals surface area contributed by atoms with Gasteiger partial charge in [-0.3, -0.25) is 4.79 Å². The zero-order chi connectivity index (χ0) is 20.5. The number of Topliss-reactive ketones (excluding diaryl/α,β-unsaturated/α-hetero) is 1. The van der Waals surface area contributed by atoms with Gasteiger partial charge >= 0.3 is 0 Å². The third-order valence-electron chi connectivity index (χ3n) is 6.46. The smallest absolute Gasteiger partial charge is 0.139 e. The van der Waals surface area contributed by atoms with Crippen LogP contribution in [-0.4, -0.2) is 5.78 Å². The van der Waals surface area contributed by atoms with Crippen molar-refractivity contribution in [3.05, 3.63) is 34.4 Å². The van der Waals surface area contributed by atoms with Gasteiger partial charge in [0.1, 0.15) is 5.78 Å². The van der Waals surface area contributed by atoms with Gasteiger partial charge in [-0.15, -0.1) is 0 Å². The normalized spacial score (nSPS) is 22.3. The van der Waals surface area contributed by atoms with E-state index in [9.17, 15) is 4.79 Å². The summed E-state index contributed by atoms with van der Waals surface area (Å²) in [7, 11) is 0. The highest BCUT2D eigenvalue weighted by Gasteiger charge is 2.50. The van der Waals surface area contributed by atoms with Crippen LogP contribution < -0.4 is 0 Å². The molecule has 3 aliphatic carbocycles. The van der Waals surface area contributed by atoms with Crippen molar-refractivity contribution >= 4 is 5.78 Å². The molecule has 0 amide bonds. The van der Waals surface area contributed by atoms with Crippen LogP contribution in [0.25, 0.3) is 0 Å². The van der Waals surface area contributed by atoms with Crippen molar-refractivity contribution in [2.24, 2.45) is 16.2 Å². The average Bonchev–Trinajstić information content (AvgIpc) is 3.24. The Bertz CT molecular complexity index is 651. The van der Waals surface area contributed by atoms with Crippen molar-refractivity contribution in [2.75, 3.05) is 0 Å². The standard InChI is InChI=1S/C24H36O.C2H6/c1-17(2)12-19(18(3)20-13-23(14-20)8-7-9-23)15-24(10-11-24)21(25)16-22(4,5)6;1-2/h12-13H,7-11,14-16H2,1-6H3;1-2H3/b19-18-;. The van der Waals surface area contributed by atoms with Crippen LogP contribution in [0, 0.1) is 16.2 Å². The van der Waals surface area contributed by atoms with Crippen molar-refractivity contribution < 1.29 is 4.79 Å². The number of carbonyl (C=O) groups excluding carboxylic acids is 1. The highest BCUT2D eigenvalue weighted by atomic mass is 16.1. The van der Waals surface area contributed by atoms with Crippen LogP contribution in [0.3, 0.4) is 0 Å². The molecule has 1 spiro atoms. The maximum absolute atomic E-state index is 12.9. The van der Waals surface area contributed by atoms with E-state index in [4.69, 9.17) is 0 Å². The van der Waals surface area contributed by atoms with Crippen molar-refractivity contribution in [1.29, 1.82) is 0 Å². The summed E-state index contributed by atoms with van der Waals surface area (Å²) in [6, 6.07) is 0. The Morgan fingerprint density at radius 1 is 1.07 bits per heavy atom. The summed E-state index contributed by atoms with van der Waals surface area (Å²) in [4.78, 5) is 12.9. The molecule has 0 radical (unpaired) electrons. The van der Waals surface area contributed by atoms with E-state index in [2.05, 4.69) is 53.7 Å². The zero-order valence-corrected chi connectivity index (χ0v) is 19.2. The highest BCUT2D eigenvalue weighted by Crippen LogP contribution is 2.57. The number of carbonyl (C=O) groups is 1. The van der Waals surface area contributed by atoms with Gasteiger partial charge in [0.05, 0.1) is 0 Å². The molecule has 0 heterocycles. The van der Waals surface area contributed by atoms with Crippen LogP contribution in [-0.2, 0) is 4.79 Å². The summed E-state index contributed by atoms with van der Waals surface area (Å²) >= 11 is 0. The molecule has 0 aliphatic heterocycles. The minimum atomic E-state index is -0.0612. The van der Waals surface area contributed by atoms with Crippen LogP contribution in [0.2, 0.25) is 0 Å². The van der Waals surface area contributed by atoms with Crippen molar-refractivity contribution in [1.82, 2.24) is 0 Å². The van der Waals surface area contributed by atoms with Gasteiger partial charge in [-0.2, -0.15) is 0 Å². The van der Waals surface area contributed by atoms with Gasteiger partial charge in [0, 0.05) is 11.8 Å². The molecule has 0 bridgehead atoms. The summed E-state index contributed by atoms with van der Waals surface area (Å²) in [5.41, 5.74) is 6.35. The van der Waals surface area contributed by atoms with Gasteiger partial charge in [-0.1, -0.05) is 58.8 Å². The van der Waals surface area contributed by atoms with Gasteiger partial charge in [0.2, 0.25) is 0 Å². The lowest BCUT2D eigenvalue weighted by molar-refractivity contribution is -0.125. The van der Waals surface area contributed by atoms with E-state index in [0.29, 0.717) is 17.6 Å². The number of ketones is 1. The van der Waals surface area contributed by atoms with E-state index in [1.807, 2.05) is 13.8 Å². The summed E-state index contributed by atoms with van der Waals surface area (Å²) in [5.74, 6) is 0.491. The minimum absolute atomic E-state index is 0.0612. The minimum Gasteiger partial charge on any atom is -0.299 e. The second kappa shape index (κ2) is 8.10. The number of rotatable bonds is 6. The highest BCUT2D eigenvalue weighted by molar-refractivity contribution is 5.88. The molecule has 2 fully saturated rings. The molecule has 0 aromatic rings. The Morgan fingerprint density at radius 3 is 2.00 bits per heavy atom. The van der Waals surface area contributed by atoms with E-state index in [0.717, 1.165) is 19.3 Å². The quantitative estimate of drug-likeness (QED) is 0.433. The summed E-state index contributed by atoms with van der Waals surface area (Å²) < 4.78 is 0. The van der Waals surface area contributed by atoms with Gasteiger partial charge in [0.25, 0.3) is 0 Å². The molecule has 0 aromatic heterocycles. The van der Waals surface area contributed by atoms with Crippen LogP contribution in [0.15, 0.2) is 34.4 Å². The Kier molecular flexibility index (Phi) is 6.65. The summed E-state index contributed by atoms with van der Waals surface area (Å²) in [6.07, 6.45) is 14.1. The van der Waals surface area contributed by atoms with Gasteiger partial charge in [-0.25, -0.2) is 0 Å². The Labute approximate surface area is 168 Å². The van der Waals surface area contributed by atoms with Gasteiger partial charge < -0.3 is 0 Å². The van der Waals surface area contributed by atoms with Gasteiger partial charge in [-0.05, 0) is 86.8 Å². The van der Waals surface area contributed by atoms with Crippen LogP contribution >= 0.6 is 0 Å². The summed E-state index contributed by atoms with van der Waals surface area (Å²) in [5, 5.41) is 0. The number of allylic oxidation sites excluding steroid dienone is 6. The van der Waals surface area contributed by atoms with Crippen molar-refractivity contribution in [3.8, 4) is 0 Å². The second-order valence-electron chi connectivity index (χ2n) is 10.6. The predicted molar refractivity (Wildman–Crippen MR) is 118 cm³/mol. The fourth-order valence-electron chi connectivity index (χ4n) is 4.50. The molecular formula is C26H42O. The monoisotopic (exact) mass is 370 g/mol. The molecular weight excluding hydrogens is 328 g/mol. The van der Waals surface area contributed by atoms with Gasteiger partial charge in [0.15, 0.2) is 0 Å². The second-order valence-corrected chi connectivity index (χ2v) is 10.6. The van der Waals surface area contributed by atoms with E-state index in [-0.39, 0.29) is 10.8 Å². The van der Waals surface area contributed by atoms with Crippen LogP contribution in [0.5, 0.6) is 0 Å². The van der Waals surface area contributed by atoms with E-state index in [1.165, 1.54) is 42.4 Å². The first-order chi connectivity index (χ1) is 12.5. The largest absolute Gasteiger partial charge is 0.299 e. The maximum atomic E-state index is 12.9. The molecule has 3 aliphatic rings. The first-order valence-electron chi connectivity index (χ1n) is 11.1. The van der Waals surface area contributed by atoms with Crippen LogP contribution in [0.1, 0.15) is 107 Å². The topological polar surface area (TPSA) is 17.1 Å². The molecule has 0 saturated heterocycles. The maximum Gasteiger partial charge on any atom is 0.139 e. The molecule has 0 aromatic carbocycles. The lowest BCUT2D eigenvalue weighted by Gasteiger charge is -2.48. The molecule has 2 saturated carbocycles. The summed E-state index contributed by atoms with van der Waals surface area (Å²) in [6.45, 7) is 17.2. The third-order valence-corrected chi connectivity index (χ3v) is 6.46. The molecule has 0 N–H and O–H groups in total. The molecule has 152 valence electrons. The Balaban J connectivity index is 0.00000126. The molecule has 1 heteroatoms. The average molecular weight is 371 g/mol. The van der Waals surface area contributed by atoms with Crippen molar-refractivity contribution in [2.45, 2.75) is 107 Å². The lowest BCUT2D eigenvalue weighted by atomic mass is 9.57. The fourth-order valence-corrected chi connectivity index (χ4v) is 4.50. The molecule has 0 atom stereocenters. The molecule has 3 rings (SSSR count).